The Morgan fingerprint density at radius 3 is 2.26 bits per heavy atom. The maximum atomic E-state index is 13.4. The Morgan fingerprint density at radius 2 is 1.68 bits per heavy atom. The number of aryl methyl sites for hydroxylation is 2. The van der Waals surface area contributed by atoms with Crippen LogP contribution in [0.1, 0.15) is 49.8 Å². The van der Waals surface area contributed by atoms with Crippen LogP contribution < -0.4 is 5.32 Å². The number of alkyl halides is 3. The second-order valence-electron chi connectivity index (χ2n) is 9.94. The van der Waals surface area contributed by atoms with Gasteiger partial charge < -0.3 is 15.5 Å². The van der Waals surface area contributed by atoms with Gasteiger partial charge in [0.15, 0.2) is 0 Å². The molecule has 0 saturated carbocycles. The van der Waals surface area contributed by atoms with E-state index in [9.17, 15) is 35.9 Å². The highest BCUT2D eigenvalue weighted by Gasteiger charge is 2.34. The van der Waals surface area contributed by atoms with Gasteiger partial charge in [-0.15, -0.1) is 0 Å². The molecule has 0 unspecified atom stereocenters. The lowest BCUT2D eigenvalue weighted by molar-refractivity contribution is -0.138. The minimum Gasteiger partial charge on any atom is -0.481 e. The van der Waals surface area contributed by atoms with E-state index >= 15 is 0 Å². The van der Waals surface area contributed by atoms with E-state index < -0.39 is 50.7 Å². The molecular formula is C26H34F4N2O5S. The first-order chi connectivity index (χ1) is 17.5. The molecule has 0 aliphatic rings. The number of nitrogens with zero attached hydrogens (tertiary/aromatic N) is 1. The van der Waals surface area contributed by atoms with Crippen LogP contribution in [-0.4, -0.2) is 60.7 Å². The van der Waals surface area contributed by atoms with Crippen molar-refractivity contribution in [1.29, 1.82) is 0 Å². The Labute approximate surface area is 220 Å². The third-order valence-corrected chi connectivity index (χ3v) is 7.90. The highest BCUT2D eigenvalue weighted by molar-refractivity contribution is 7.89. The molecule has 0 bridgehead atoms. The normalized spacial score (nSPS) is 13.6. The third-order valence-electron chi connectivity index (χ3n) is 6.09. The number of carboxylic acids is 1. The largest absolute Gasteiger partial charge is 0.481 e. The van der Waals surface area contributed by atoms with Gasteiger partial charge in [-0.3, -0.25) is 4.79 Å². The molecule has 0 aliphatic heterocycles. The zero-order valence-electron chi connectivity index (χ0n) is 21.6. The summed E-state index contributed by atoms with van der Waals surface area (Å²) in [7, 11) is -3.25. The molecular weight excluding hydrogens is 528 g/mol. The van der Waals surface area contributed by atoms with Gasteiger partial charge in [-0.25, -0.2) is 12.8 Å². The number of hydrogen-bond acceptors (Lipinski definition) is 5. The molecule has 2 rings (SSSR count). The van der Waals surface area contributed by atoms with Crippen LogP contribution in [0.15, 0.2) is 47.4 Å². The quantitative estimate of drug-likeness (QED) is 0.298. The molecule has 0 saturated heterocycles. The van der Waals surface area contributed by atoms with E-state index in [0.717, 1.165) is 41.9 Å². The smallest absolute Gasteiger partial charge is 0.416 e. The summed E-state index contributed by atoms with van der Waals surface area (Å²) in [5, 5.41) is 22.5. The number of likely N-dealkylation sites (N-methyl/N-ethyl adjacent to an activating group) is 1. The number of aliphatic hydroxyl groups is 1. The second-order valence-corrected chi connectivity index (χ2v) is 12.0. The number of nitrogens with one attached hydrogen (secondary N) is 1. The van der Waals surface area contributed by atoms with Crippen molar-refractivity contribution in [3.63, 3.8) is 0 Å². The van der Waals surface area contributed by atoms with Crippen LogP contribution in [0.4, 0.5) is 17.6 Å². The lowest BCUT2D eigenvalue weighted by Crippen LogP contribution is -2.46. The van der Waals surface area contributed by atoms with Crippen LogP contribution in [0.5, 0.6) is 0 Å². The first-order valence-corrected chi connectivity index (χ1v) is 13.5. The van der Waals surface area contributed by atoms with Gasteiger partial charge in [0.2, 0.25) is 10.0 Å². The molecule has 212 valence electrons. The standard InChI is InChI=1S/C26H34F4N2O5S/c1-25(2,12-4-5-18-6-9-21(27)10-7-18)31-16-22(33)17-32(3)38(36,37)23-14-19(8-11-24(34)35)13-20(15-23)26(28,29)30/h6-7,9-10,13-15,22,31,33H,4-5,8,11-12,16-17H2,1-3H3,(H,34,35)/t22-/m1/s1. The highest BCUT2D eigenvalue weighted by Crippen LogP contribution is 2.32. The molecule has 3 N–H and O–H groups in total. The maximum absolute atomic E-state index is 13.4. The summed E-state index contributed by atoms with van der Waals surface area (Å²) in [5.74, 6) is -1.53. The zero-order valence-corrected chi connectivity index (χ0v) is 22.4. The number of rotatable bonds is 14. The summed E-state index contributed by atoms with van der Waals surface area (Å²) in [6.45, 7) is 3.51. The van der Waals surface area contributed by atoms with Crippen LogP contribution in [0.2, 0.25) is 0 Å². The lowest BCUT2D eigenvalue weighted by atomic mass is 9.95. The predicted molar refractivity (Wildman–Crippen MR) is 135 cm³/mol. The summed E-state index contributed by atoms with van der Waals surface area (Å²) in [6.07, 6.45) is -4.46. The third kappa shape index (κ3) is 9.97. The molecule has 0 aliphatic carbocycles. The fourth-order valence-electron chi connectivity index (χ4n) is 3.88. The van der Waals surface area contributed by atoms with E-state index in [1.54, 1.807) is 12.1 Å². The van der Waals surface area contributed by atoms with Gasteiger partial charge in [-0.05, 0) is 81.0 Å². The summed E-state index contributed by atoms with van der Waals surface area (Å²) in [5.41, 5.74) is -0.677. The van der Waals surface area contributed by atoms with Crippen molar-refractivity contribution in [2.24, 2.45) is 0 Å². The minimum absolute atomic E-state index is 0.0376. The summed E-state index contributed by atoms with van der Waals surface area (Å²) < 4.78 is 80.0. The number of benzene rings is 2. The lowest BCUT2D eigenvalue weighted by Gasteiger charge is -2.29. The van der Waals surface area contributed by atoms with E-state index in [1.165, 1.54) is 12.1 Å². The Kier molecular flexibility index (Phi) is 10.8. The molecule has 38 heavy (non-hydrogen) atoms. The zero-order chi connectivity index (χ0) is 28.7. The van der Waals surface area contributed by atoms with Crippen molar-refractivity contribution < 1.29 is 41.0 Å². The Balaban J connectivity index is 2.00. The molecule has 0 spiro atoms. The van der Waals surface area contributed by atoms with Crippen LogP contribution in [0, 0.1) is 5.82 Å². The Bertz CT molecular complexity index is 1190. The van der Waals surface area contributed by atoms with Gasteiger partial charge in [0.05, 0.1) is 16.6 Å². The molecule has 7 nitrogen and oxygen atoms in total. The Morgan fingerprint density at radius 1 is 1.05 bits per heavy atom. The van der Waals surface area contributed by atoms with Crippen molar-refractivity contribution in [3.8, 4) is 0 Å². The van der Waals surface area contributed by atoms with Gasteiger partial charge >= 0.3 is 12.1 Å². The minimum atomic E-state index is -4.83. The molecule has 0 amide bonds. The van der Waals surface area contributed by atoms with Gasteiger partial charge in [-0.2, -0.15) is 17.5 Å². The van der Waals surface area contributed by atoms with E-state index in [1.807, 2.05) is 13.8 Å². The summed E-state index contributed by atoms with van der Waals surface area (Å²) in [4.78, 5) is 10.2. The first-order valence-electron chi connectivity index (χ1n) is 12.1. The van der Waals surface area contributed by atoms with Crippen LogP contribution in [-0.2, 0) is 33.8 Å². The molecule has 12 heteroatoms. The number of sulfonamides is 1. The average Bonchev–Trinajstić information content (AvgIpc) is 2.82. The number of carbonyl (C=O) groups is 1. The molecule has 0 radical (unpaired) electrons. The summed E-state index contributed by atoms with van der Waals surface area (Å²) >= 11 is 0. The summed E-state index contributed by atoms with van der Waals surface area (Å²) in [6, 6.07) is 8.50. The van der Waals surface area contributed by atoms with E-state index in [4.69, 9.17) is 5.11 Å². The number of aliphatic hydroxyl groups excluding tert-OH is 1. The van der Waals surface area contributed by atoms with Gasteiger partial charge in [0, 0.05) is 32.1 Å². The number of hydrogen-bond donors (Lipinski definition) is 3. The van der Waals surface area contributed by atoms with Crippen LogP contribution >= 0.6 is 0 Å². The number of aliphatic carboxylic acids is 1. The molecule has 2 aromatic rings. The molecule has 2 aromatic carbocycles. The number of halogens is 4. The van der Waals surface area contributed by atoms with Crippen LogP contribution in [0.3, 0.4) is 0 Å². The topological polar surface area (TPSA) is 107 Å². The predicted octanol–water partition coefficient (Wildman–Crippen LogP) is 4.23. The molecule has 0 heterocycles. The maximum Gasteiger partial charge on any atom is 0.416 e. The van der Waals surface area contributed by atoms with Crippen molar-refractivity contribution in [1.82, 2.24) is 9.62 Å². The van der Waals surface area contributed by atoms with Crippen molar-refractivity contribution in [2.75, 3.05) is 20.1 Å². The average molecular weight is 563 g/mol. The monoisotopic (exact) mass is 562 g/mol. The van der Waals surface area contributed by atoms with E-state index in [2.05, 4.69) is 5.32 Å². The Hall–Kier alpha value is -2.54. The van der Waals surface area contributed by atoms with Gasteiger partial charge in [0.1, 0.15) is 5.82 Å². The molecule has 0 aromatic heterocycles. The fraction of sp³-hybridized carbons (Fsp3) is 0.500. The van der Waals surface area contributed by atoms with Crippen molar-refractivity contribution in [3.05, 3.63) is 65.0 Å². The number of β-amino-alcohol motifs (C(OH)–C–C–N with tert-alkyl or cyclic N) is 1. The highest BCUT2D eigenvalue weighted by atomic mass is 32.2. The molecule has 1 atom stereocenters. The van der Waals surface area contributed by atoms with Gasteiger partial charge in [0.25, 0.3) is 0 Å². The first kappa shape index (κ1) is 31.7. The van der Waals surface area contributed by atoms with E-state index in [0.29, 0.717) is 12.5 Å². The van der Waals surface area contributed by atoms with Crippen molar-refractivity contribution >= 4 is 16.0 Å². The van der Waals surface area contributed by atoms with Crippen LogP contribution in [0.25, 0.3) is 0 Å². The van der Waals surface area contributed by atoms with Crippen molar-refractivity contribution in [2.45, 2.75) is 68.7 Å². The van der Waals surface area contributed by atoms with Gasteiger partial charge in [-0.1, -0.05) is 12.1 Å². The number of carboxylic acid groups (broad SMARTS) is 1. The SMILES string of the molecule is CN(C[C@H](O)CNC(C)(C)CCCc1ccc(F)cc1)S(=O)(=O)c1cc(CCC(=O)O)cc(C(F)(F)F)c1. The fourth-order valence-corrected chi connectivity index (χ4v) is 5.18. The van der Waals surface area contributed by atoms with E-state index in [-0.39, 0.29) is 30.9 Å². The molecule has 0 fully saturated rings. The second kappa shape index (κ2) is 13.0.